The van der Waals surface area contributed by atoms with Crippen molar-refractivity contribution in [2.45, 2.75) is 26.2 Å². The lowest BCUT2D eigenvalue weighted by Gasteiger charge is -2.19. The van der Waals surface area contributed by atoms with Crippen LogP contribution in [0.1, 0.15) is 33.7 Å². The van der Waals surface area contributed by atoms with Gasteiger partial charge in [0.25, 0.3) is 16.8 Å². The molecule has 206 valence electrons. The quantitative estimate of drug-likeness (QED) is 0.116. The zero-order chi connectivity index (χ0) is 29.1. The molecule has 10 heteroatoms. The zero-order valence-electron chi connectivity index (χ0n) is 22.4. The second kappa shape index (κ2) is 11.3. The molecule has 41 heavy (non-hydrogen) atoms. The molecule has 5 rings (SSSR count). The number of nitrogens with zero attached hydrogens (tertiary/aromatic N) is 1. The van der Waals surface area contributed by atoms with E-state index in [4.69, 9.17) is 11.2 Å². The number of hydrogen-bond donors (Lipinski definition) is 4. The fourth-order valence-electron chi connectivity index (χ4n) is 4.96. The first-order valence-electron chi connectivity index (χ1n) is 12.9. The minimum Gasteiger partial charge on any atom is -0.481 e. The number of aryl methyl sites for hydroxylation is 2. The van der Waals surface area contributed by atoms with Gasteiger partial charge in [-0.15, -0.1) is 6.42 Å². The van der Waals surface area contributed by atoms with Gasteiger partial charge in [-0.3, -0.25) is 40.1 Å². The molecule has 2 heterocycles. The number of terminal acetylenes is 1. The Hall–Kier alpha value is -5.56. The molecule has 0 aliphatic carbocycles. The van der Waals surface area contributed by atoms with Crippen LogP contribution in [0.3, 0.4) is 0 Å². The zero-order valence-corrected chi connectivity index (χ0v) is 22.4. The number of nitrogens with one attached hydrogen (secondary N) is 4. The van der Waals surface area contributed by atoms with E-state index < -0.39 is 22.0 Å². The highest BCUT2D eigenvalue weighted by molar-refractivity contribution is 5.69. The minimum atomic E-state index is -0.845. The number of benzene rings is 3. The predicted octanol–water partition coefficient (Wildman–Crippen LogP) is 4.97. The molecule has 10 nitrogen and oxygen atoms in total. The fraction of sp³-hybridized carbons (Fsp3) is 0.161. The van der Waals surface area contributed by atoms with Crippen LogP contribution in [-0.2, 0) is 6.42 Å². The first kappa shape index (κ1) is 27.0. The van der Waals surface area contributed by atoms with Gasteiger partial charge in [-0.1, -0.05) is 65.6 Å². The van der Waals surface area contributed by atoms with E-state index in [1.807, 2.05) is 62.4 Å². The standard InChI is InChI=1S/C31H27N5O5/c1-4-15-41-25-14-13-23(36(39)40)16-22(25)17-24(26-28(32-34-30(26)37)20-9-5-18(2)6-10-20)27-29(33-35-31(27)38)21-11-7-19(3)8-12-21/h1,5-14,16,24H,15,17H2,2-3H3,(H2,32,34,37)(H2,33,35,38). The highest BCUT2D eigenvalue weighted by Crippen LogP contribution is 2.38. The molecule has 0 spiro atoms. The molecular weight excluding hydrogens is 522 g/mol. The largest absolute Gasteiger partial charge is 0.481 e. The van der Waals surface area contributed by atoms with Gasteiger partial charge in [0.05, 0.1) is 27.4 Å². The van der Waals surface area contributed by atoms with Gasteiger partial charge in [-0.2, -0.15) is 0 Å². The summed E-state index contributed by atoms with van der Waals surface area (Å²) >= 11 is 0. The molecular formula is C31H27N5O5. The van der Waals surface area contributed by atoms with Crippen LogP contribution in [0.4, 0.5) is 5.69 Å². The second-order valence-corrected chi connectivity index (χ2v) is 9.77. The molecule has 3 aromatic carbocycles. The van der Waals surface area contributed by atoms with Crippen molar-refractivity contribution in [2.24, 2.45) is 0 Å². The van der Waals surface area contributed by atoms with Gasteiger partial charge in [-0.05, 0) is 37.5 Å². The third kappa shape index (κ3) is 5.46. The van der Waals surface area contributed by atoms with Crippen LogP contribution < -0.4 is 15.9 Å². The maximum Gasteiger partial charge on any atom is 0.269 e. The second-order valence-electron chi connectivity index (χ2n) is 9.77. The molecule has 0 aliphatic heterocycles. The smallest absolute Gasteiger partial charge is 0.269 e. The molecule has 2 aromatic heterocycles. The van der Waals surface area contributed by atoms with Gasteiger partial charge in [0.1, 0.15) is 12.4 Å². The molecule has 0 aliphatic rings. The summed E-state index contributed by atoms with van der Waals surface area (Å²) in [5, 5.41) is 23.0. The number of non-ortho nitro benzene ring substituents is 1. The third-order valence-corrected chi connectivity index (χ3v) is 7.00. The van der Waals surface area contributed by atoms with Crippen molar-refractivity contribution in [3.8, 4) is 40.6 Å². The molecule has 0 atom stereocenters. The number of hydrogen-bond acceptors (Lipinski definition) is 5. The van der Waals surface area contributed by atoms with Crippen LogP contribution in [0.2, 0.25) is 0 Å². The summed E-state index contributed by atoms with van der Waals surface area (Å²) in [5.41, 5.74) is 4.61. The van der Waals surface area contributed by atoms with Gasteiger partial charge in [0.15, 0.2) is 0 Å². The monoisotopic (exact) mass is 549 g/mol. The molecule has 0 bridgehead atoms. The lowest BCUT2D eigenvalue weighted by molar-refractivity contribution is -0.384. The number of aromatic amines is 4. The first-order valence-corrected chi connectivity index (χ1v) is 12.9. The van der Waals surface area contributed by atoms with Crippen molar-refractivity contribution in [3.05, 3.63) is 125 Å². The number of ether oxygens (including phenoxy) is 1. The molecule has 0 amide bonds. The van der Waals surface area contributed by atoms with Crippen LogP contribution in [-0.4, -0.2) is 31.9 Å². The number of nitro benzene ring substituents is 1. The summed E-state index contributed by atoms with van der Waals surface area (Å²) in [6, 6.07) is 19.4. The Kier molecular flexibility index (Phi) is 7.43. The van der Waals surface area contributed by atoms with E-state index in [0.29, 0.717) is 33.8 Å². The van der Waals surface area contributed by atoms with E-state index in [2.05, 4.69) is 26.3 Å². The molecule has 0 unspecified atom stereocenters. The van der Waals surface area contributed by atoms with Crippen molar-refractivity contribution < 1.29 is 9.66 Å². The normalized spacial score (nSPS) is 11.0. The average molecular weight is 550 g/mol. The van der Waals surface area contributed by atoms with Gasteiger partial charge >= 0.3 is 0 Å². The van der Waals surface area contributed by atoms with Gasteiger partial charge in [0.2, 0.25) is 0 Å². The SMILES string of the molecule is C#CCOc1ccc([N+](=O)[O-])cc1CC(c1c(-c2ccc(C)cc2)[nH][nH]c1=O)c1c(-c2ccc(C)cc2)[nH][nH]c1=O. The van der Waals surface area contributed by atoms with E-state index in [1.54, 1.807) is 0 Å². The summed E-state index contributed by atoms with van der Waals surface area (Å²) in [5.74, 6) is 1.88. The molecule has 0 radical (unpaired) electrons. The lowest BCUT2D eigenvalue weighted by atomic mass is 9.83. The average Bonchev–Trinajstić information content (AvgIpc) is 3.54. The van der Waals surface area contributed by atoms with Gasteiger partial charge < -0.3 is 4.74 Å². The summed E-state index contributed by atoms with van der Waals surface area (Å²) in [7, 11) is 0. The number of rotatable bonds is 9. The summed E-state index contributed by atoms with van der Waals surface area (Å²) < 4.78 is 5.73. The lowest BCUT2D eigenvalue weighted by Crippen LogP contribution is -2.21. The van der Waals surface area contributed by atoms with Crippen LogP contribution in [0.15, 0.2) is 76.3 Å². The van der Waals surface area contributed by atoms with E-state index in [1.165, 1.54) is 18.2 Å². The topological polar surface area (TPSA) is 150 Å². The summed E-state index contributed by atoms with van der Waals surface area (Å²) in [6.07, 6.45) is 5.44. The molecule has 0 fully saturated rings. The molecule has 0 saturated heterocycles. The van der Waals surface area contributed by atoms with Crippen molar-refractivity contribution in [1.82, 2.24) is 20.4 Å². The number of nitro groups is 1. The van der Waals surface area contributed by atoms with Crippen LogP contribution in [0.5, 0.6) is 5.75 Å². The molecule has 5 aromatic rings. The van der Waals surface area contributed by atoms with Crippen molar-refractivity contribution in [2.75, 3.05) is 6.61 Å². The predicted molar refractivity (Wildman–Crippen MR) is 156 cm³/mol. The highest BCUT2D eigenvalue weighted by Gasteiger charge is 2.31. The first-order chi connectivity index (χ1) is 19.8. The van der Waals surface area contributed by atoms with Crippen LogP contribution in [0, 0.1) is 36.3 Å². The van der Waals surface area contributed by atoms with Crippen molar-refractivity contribution in [1.29, 1.82) is 0 Å². The van der Waals surface area contributed by atoms with Crippen molar-refractivity contribution in [3.63, 3.8) is 0 Å². The Morgan fingerprint density at radius 1 is 0.829 bits per heavy atom. The Balaban J connectivity index is 1.76. The van der Waals surface area contributed by atoms with Crippen LogP contribution in [0.25, 0.3) is 22.5 Å². The van der Waals surface area contributed by atoms with Crippen molar-refractivity contribution >= 4 is 5.69 Å². The maximum atomic E-state index is 13.5. The summed E-state index contributed by atoms with van der Waals surface area (Å²) in [4.78, 5) is 38.1. The van der Waals surface area contributed by atoms with E-state index >= 15 is 0 Å². The number of H-pyrrole nitrogens is 4. The van der Waals surface area contributed by atoms with Crippen LogP contribution >= 0.6 is 0 Å². The van der Waals surface area contributed by atoms with E-state index in [0.717, 1.165) is 22.3 Å². The Morgan fingerprint density at radius 2 is 1.34 bits per heavy atom. The third-order valence-electron chi connectivity index (χ3n) is 7.00. The van der Waals surface area contributed by atoms with Gasteiger partial charge in [0, 0.05) is 23.6 Å². The Morgan fingerprint density at radius 3 is 1.80 bits per heavy atom. The summed E-state index contributed by atoms with van der Waals surface area (Å²) in [6.45, 7) is 3.86. The highest BCUT2D eigenvalue weighted by atomic mass is 16.6. The Bertz CT molecular complexity index is 1770. The van der Waals surface area contributed by atoms with Gasteiger partial charge in [-0.25, -0.2) is 0 Å². The molecule has 4 N–H and O–H groups in total. The molecule has 0 saturated carbocycles. The van der Waals surface area contributed by atoms with E-state index in [-0.39, 0.29) is 18.7 Å². The Labute approximate surface area is 234 Å². The number of aromatic nitrogens is 4. The minimum absolute atomic E-state index is 0.0289. The fourth-order valence-corrected chi connectivity index (χ4v) is 4.96. The van der Waals surface area contributed by atoms with E-state index in [9.17, 15) is 19.7 Å². The maximum absolute atomic E-state index is 13.5.